The summed E-state index contributed by atoms with van der Waals surface area (Å²) in [5.41, 5.74) is 10.2. The maximum Gasteiger partial charge on any atom is 0.333 e. The average molecular weight is 531 g/mol. The summed E-state index contributed by atoms with van der Waals surface area (Å²) in [5.74, 6) is 0.0632. The molecular formula is C22H23ClN8O6. The Morgan fingerprint density at radius 2 is 2.24 bits per heavy atom. The molecule has 2 aliphatic rings. The lowest BCUT2D eigenvalue weighted by atomic mass is 10.1. The number of imidazole rings is 1. The van der Waals surface area contributed by atoms with E-state index in [0.717, 1.165) is 18.6 Å². The first-order chi connectivity index (χ1) is 18.0. The van der Waals surface area contributed by atoms with Crippen molar-refractivity contribution in [1.82, 2.24) is 19.5 Å². The second kappa shape index (κ2) is 10.7. The van der Waals surface area contributed by atoms with Gasteiger partial charge in [0.25, 0.3) is 0 Å². The Kier molecular flexibility index (Phi) is 7.26. The summed E-state index contributed by atoms with van der Waals surface area (Å²) in [4.78, 5) is 27.0. The molecule has 1 unspecified atom stereocenters. The molecule has 0 aliphatic carbocycles. The van der Waals surface area contributed by atoms with E-state index in [1.54, 1.807) is 12.1 Å². The quantitative estimate of drug-likeness (QED) is 0.210. The maximum atomic E-state index is 11.6. The molecule has 2 aliphatic heterocycles. The van der Waals surface area contributed by atoms with Gasteiger partial charge in [-0.05, 0) is 30.2 Å². The zero-order chi connectivity index (χ0) is 25.9. The predicted molar refractivity (Wildman–Crippen MR) is 129 cm³/mol. The summed E-state index contributed by atoms with van der Waals surface area (Å²) >= 11 is 6.22. The summed E-state index contributed by atoms with van der Waals surface area (Å²) < 4.78 is 18.3. The van der Waals surface area contributed by atoms with Crippen molar-refractivity contribution in [2.75, 3.05) is 25.1 Å². The number of fused-ring (bicyclic) bond motifs is 1. The summed E-state index contributed by atoms with van der Waals surface area (Å²) in [6, 6.07) is 4.06. The molecule has 0 amide bonds. The van der Waals surface area contributed by atoms with E-state index in [-0.39, 0.29) is 5.65 Å². The number of nitrogens with zero attached hydrogens (tertiary/aromatic N) is 7. The number of benzene rings is 1. The highest BCUT2D eigenvalue weighted by Crippen LogP contribution is 2.34. The third kappa shape index (κ3) is 5.10. The van der Waals surface area contributed by atoms with Gasteiger partial charge in [0, 0.05) is 34.6 Å². The van der Waals surface area contributed by atoms with Crippen LogP contribution in [0, 0.1) is 5.92 Å². The number of aliphatic hydroxyl groups is 1. The summed E-state index contributed by atoms with van der Waals surface area (Å²) in [6.45, 7) is 2.28. The highest BCUT2D eigenvalue weighted by Gasteiger charge is 2.48. The molecule has 0 bridgehead atoms. The first kappa shape index (κ1) is 25.0. The van der Waals surface area contributed by atoms with Gasteiger partial charge in [-0.15, -0.1) is 0 Å². The van der Waals surface area contributed by atoms with E-state index in [1.165, 1.54) is 17.2 Å². The SMILES string of the molecule is [N-]=[N+]=N[C@H]1[C@@H](O)[C@H](n2cnc3c(NCc4cc(Cl)ccc4OCC4CCOC4)ncnc32)O[C@@H]1C(=O)O. The van der Waals surface area contributed by atoms with E-state index in [2.05, 4.69) is 30.3 Å². The Labute approximate surface area is 214 Å². The third-order valence-electron chi connectivity index (χ3n) is 6.27. The molecule has 0 radical (unpaired) electrons. The molecule has 194 valence electrons. The molecule has 37 heavy (non-hydrogen) atoms. The Bertz CT molecular complexity index is 1340. The van der Waals surface area contributed by atoms with Gasteiger partial charge in [0.1, 0.15) is 24.2 Å². The molecular weight excluding hydrogens is 508 g/mol. The number of hydrogen-bond donors (Lipinski definition) is 3. The molecule has 5 rings (SSSR count). The molecule has 3 aromatic rings. The number of carbonyl (C=O) groups is 1. The number of nitrogens with one attached hydrogen (secondary N) is 1. The van der Waals surface area contributed by atoms with E-state index < -0.39 is 30.4 Å². The lowest BCUT2D eigenvalue weighted by molar-refractivity contribution is -0.152. The van der Waals surface area contributed by atoms with Gasteiger partial charge in [-0.25, -0.2) is 19.7 Å². The van der Waals surface area contributed by atoms with Crippen molar-refractivity contribution in [3.8, 4) is 5.75 Å². The van der Waals surface area contributed by atoms with Crippen LogP contribution in [0.2, 0.25) is 5.02 Å². The van der Waals surface area contributed by atoms with E-state index in [0.29, 0.717) is 47.8 Å². The van der Waals surface area contributed by atoms with Crippen LogP contribution >= 0.6 is 11.6 Å². The number of azide groups is 1. The number of ether oxygens (including phenoxy) is 3. The maximum absolute atomic E-state index is 11.6. The third-order valence-corrected chi connectivity index (χ3v) is 6.50. The Morgan fingerprint density at radius 3 is 3.00 bits per heavy atom. The van der Waals surface area contributed by atoms with Crippen LogP contribution in [0.5, 0.6) is 5.75 Å². The average Bonchev–Trinajstić information content (AvgIpc) is 3.62. The predicted octanol–water partition coefficient (Wildman–Crippen LogP) is 2.53. The topological polar surface area (TPSA) is 190 Å². The Balaban J connectivity index is 1.36. The van der Waals surface area contributed by atoms with E-state index in [4.69, 9.17) is 31.3 Å². The van der Waals surface area contributed by atoms with Crippen molar-refractivity contribution in [2.24, 2.45) is 11.0 Å². The minimum Gasteiger partial charge on any atom is -0.493 e. The number of hydrogen-bond acceptors (Lipinski definition) is 10. The van der Waals surface area contributed by atoms with Gasteiger partial charge in [0.05, 0.1) is 19.5 Å². The summed E-state index contributed by atoms with van der Waals surface area (Å²) in [5, 5.41) is 27.2. The van der Waals surface area contributed by atoms with Gasteiger partial charge in [-0.2, -0.15) is 0 Å². The summed E-state index contributed by atoms with van der Waals surface area (Å²) in [7, 11) is 0. The monoisotopic (exact) mass is 530 g/mol. The van der Waals surface area contributed by atoms with Crippen LogP contribution in [0.3, 0.4) is 0 Å². The number of carboxylic acids is 1. The molecule has 4 heterocycles. The fourth-order valence-electron chi connectivity index (χ4n) is 4.38. The van der Waals surface area contributed by atoms with Crippen molar-refractivity contribution in [3.05, 3.63) is 51.9 Å². The Morgan fingerprint density at radius 1 is 1.38 bits per heavy atom. The van der Waals surface area contributed by atoms with Crippen LogP contribution in [0.15, 0.2) is 36.0 Å². The second-order valence-electron chi connectivity index (χ2n) is 8.66. The standard InChI is InChI=1S/C22H23ClN8O6/c23-13-1-2-14(36-8-11-3-4-35-7-11)12(5-13)6-25-19-16-20(27-9-26-19)31(10-28-16)21-17(32)15(29-30-24)18(37-21)22(33)34/h1-2,5,9-11,15,17-18,21,32H,3-4,6-8H2,(H,33,34)(H,25,26,27)/t11?,15-,17+,18-,21+/m0/s1. The molecule has 5 atom stereocenters. The summed E-state index contributed by atoms with van der Waals surface area (Å²) in [6.07, 6.45) is -0.523. The van der Waals surface area contributed by atoms with E-state index >= 15 is 0 Å². The van der Waals surface area contributed by atoms with Crippen LogP contribution < -0.4 is 10.1 Å². The van der Waals surface area contributed by atoms with Crippen LogP contribution in [0.4, 0.5) is 5.82 Å². The van der Waals surface area contributed by atoms with Gasteiger partial charge in [-0.1, -0.05) is 16.7 Å². The molecule has 2 fully saturated rings. The number of halogens is 1. The van der Waals surface area contributed by atoms with Gasteiger partial charge in [-0.3, -0.25) is 4.57 Å². The molecule has 14 nitrogen and oxygen atoms in total. The first-order valence-corrected chi connectivity index (χ1v) is 11.8. The van der Waals surface area contributed by atoms with Crippen molar-refractivity contribution >= 4 is 34.6 Å². The zero-order valence-corrected chi connectivity index (χ0v) is 20.1. The highest BCUT2D eigenvalue weighted by molar-refractivity contribution is 6.30. The fourth-order valence-corrected chi connectivity index (χ4v) is 4.57. The largest absolute Gasteiger partial charge is 0.493 e. The molecule has 0 saturated carbocycles. The highest BCUT2D eigenvalue weighted by atomic mass is 35.5. The Hall–Kier alpha value is -3.68. The van der Waals surface area contributed by atoms with Crippen LogP contribution in [0.1, 0.15) is 18.2 Å². The van der Waals surface area contributed by atoms with Gasteiger partial charge >= 0.3 is 5.97 Å². The van der Waals surface area contributed by atoms with E-state index in [9.17, 15) is 15.0 Å². The molecule has 3 N–H and O–H groups in total. The molecule has 15 heteroatoms. The number of rotatable bonds is 9. The molecule has 2 saturated heterocycles. The zero-order valence-electron chi connectivity index (χ0n) is 19.3. The fraction of sp³-hybridized carbons (Fsp3) is 0.455. The normalized spacial score (nSPS) is 25.2. The van der Waals surface area contributed by atoms with Crippen molar-refractivity contribution < 1.29 is 29.2 Å². The minimum absolute atomic E-state index is 0.288. The van der Waals surface area contributed by atoms with Crippen molar-refractivity contribution in [1.29, 1.82) is 0 Å². The number of aliphatic carboxylic acids is 1. The van der Waals surface area contributed by atoms with E-state index in [1.807, 2.05) is 6.07 Å². The number of aromatic nitrogens is 4. The second-order valence-corrected chi connectivity index (χ2v) is 9.10. The van der Waals surface area contributed by atoms with Gasteiger partial charge in [0.15, 0.2) is 29.3 Å². The van der Waals surface area contributed by atoms with Crippen LogP contribution in [-0.4, -0.2) is 73.8 Å². The number of anilines is 1. The van der Waals surface area contributed by atoms with Crippen molar-refractivity contribution in [2.45, 2.75) is 37.4 Å². The van der Waals surface area contributed by atoms with Crippen LogP contribution in [-0.2, 0) is 20.8 Å². The van der Waals surface area contributed by atoms with Gasteiger partial charge < -0.3 is 29.7 Å². The minimum atomic E-state index is -1.52. The lowest BCUT2D eigenvalue weighted by Gasteiger charge is -2.17. The molecule has 2 aromatic heterocycles. The first-order valence-electron chi connectivity index (χ1n) is 11.5. The van der Waals surface area contributed by atoms with Crippen molar-refractivity contribution in [3.63, 3.8) is 0 Å². The van der Waals surface area contributed by atoms with Gasteiger partial charge in [0.2, 0.25) is 0 Å². The molecule has 0 spiro atoms. The molecule has 1 aromatic carbocycles. The lowest BCUT2D eigenvalue weighted by Crippen LogP contribution is -2.34. The number of aliphatic hydroxyl groups excluding tert-OH is 1. The number of carboxylic acid groups (broad SMARTS) is 1. The smallest absolute Gasteiger partial charge is 0.333 e. The van der Waals surface area contributed by atoms with Crippen LogP contribution in [0.25, 0.3) is 21.6 Å².